The Labute approximate surface area is 119 Å². The number of ether oxygens (including phenoxy) is 1. The summed E-state index contributed by atoms with van der Waals surface area (Å²) in [7, 11) is 1.84. The van der Waals surface area contributed by atoms with Crippen LogP contribution in [0.1, 0.15) is 32.1 Å². The van der Waals surface area contributed by atoms with Gasteiger partial charge < -0.3 is 15.0 Å². The van der Waals surface area contributed by atoms with Gasteiger partial charge >= 0.3 is 6.03 Å². The van der Waals surface area contributed by atoms with E-state index in [-0.39, 0.29) is 12.1 Å². The minimum atomic E-state index is -0.113. The van der Waals surface area contributed by atoms with Crippen molar-refractivity contribution < 1.29 is 9.53 Å². The Morgan fingerprint density at radius 3 is 2.70 bits per heavy atom. The first kappa shape index (κ1) is 14.8. The van der Waals surface area contributed by atoms with E-state index in [9.17, 15) is 4.79 Å². The number of nitrogens with one attached hydrogen (secondary N) is 1. The molecule has 1 aromatic heterocycles. The van der Waals surface area contributed by atoms with Crippen molar-refractivity contribution in [3.05, 3.63) is 12.2 Å². The molecular formula is C13H23N5O2. The molecule has 2 amide bonds. The van der Waals surface area contributed by atoms with E-state index in [1.807, 2.05) is 7.05 Å². The topological polar surface area (TPSA) is 72.3 Å². The summed E-state index contributed by atoms with van der Waals surface area (Å²) >= 11 is 0. The third kappa shape index (κ3) is 3.69. The Hall–Kier alpha value is -1.63. The van der Waals surface area contributed by atoms with Crippen LogP contribution < -0.4 is 5.32 Å². The van der Waals surface area contributed by atoms with E-state index >= 15 is 0 Å². The molecule has 0 saturated carbocycles. The highest BCUT2D eigenvalue weighted by Crippen LogP contribution is 2.19. The van der Waals surface area contributed by atoms with Gasteiger partial charge in [-0.15, -0.1) is 0 Å². The molecule has 0 radical (unpaired) electrons. The van der Waals surface area contributed by atoms with Crippen molar-refractivity contribution in [2.24, 2.45) is 13.0 Å². The summed E-state index contributed by atoms with van der Waals surface area (Å²) in [4.78, 5) is 18.3. The van der Waals surface area contributed by atoms with Crippen molar-refractivity contribution in [1.29, 1.82) is 0 Å². The second-order valence-electron chi connectivity index (χ2n) is 5.47. The minimum absolute atomic E-state index is 0.0537. The van der Waals surface area contributed by atoms with Crippen molar-refractivity contribution in [1.82, 2.24) is 25.0 Å². The van der Waals surface area contributed by atoms with Crippen molar-refractivity contribution in [2.45, 2.75) is 26.3 Å². The van der Waals surface area contributed by atoms with Crippen molar-refractivity contribution >= 4 is 6.03 Å². The van der Waals surface area contributed by atoms with Gasteiger partial charge in [-0.25, -0.2) is 9.78 Å². The number of nitrogens with zero attached hydrogens (tertiary/aromatic N) is 4. The lowest BCUT2D eigenvalue weighted by molar-refractivity contribution is 0.0522. The molecule has 1 aliphatic rings. The molecule has 0 aliphatic carbocycles. The van der Waals surface area contributed by atoms with Gasteiger partial charge in [0.2, 0.25) is 0 Å². The van der Waals surface area contributed by atoms with Crippen LogP contribution in [0, 0.1) is 5.92 Å². The summed E-state index contributed by atoms with van der Waals surface area (Å²) < 4.78 is 6.98. The van der Waals surface area contributed by atoms with E-state index in [0.29, 0.717) is 32.2 Å². The van der Waals surface area contributed by atoms with E-state index in [4.69, 9.17) is 4.74 Å². The van der Waals surface area contributed by atoms with Crippen LogP contribution in [0.15, 0.2) is 6.33 Å². The monoisotopic (exact) mass is 281 g/mol. The van der Waals surface area contributed by atoms with Crippen molar-refractivity contribution in [3.63, 3.8) is 0 Å². The lowest BCUT2D eigenvalue weighted by Gasteiger charge is -2.29. The summed E-state index contributed by atoms with van der Waals surface area (Å²) in [6, 6.07) is -0.167. The highest BCUT2D eigenvalue weighted by Gasteiger charge is 2.24. The van der Waals surface area contributed by atoms with Gasteiger partial charge in [-0.05, 0) is 12.3 Å². The predicted molar refractivity (Wildman–Crippen MR) is 74.1 cm³/mol. The number of carbonyl (C=O) groups excluding carboxylic acids is 1. The van der Waals surface area contributed by atoms with Crippen molar-refractivity contribution in [3.8, 4) is 0 Å². The molecule has 1 atom stereocenters. The van der Waals surface area contributed by atoms with Gasteiger partial charge in [0.25, 0.3) is 0 Å². The highest BCUT2D eigenvalue weighted by molar-refractivity contribution is 5.74. The zero-order chi connectivity index (χ0) is 14.5. The molecule has 20 heavy (non-hydrogen) atoms. The Morgan fingerprint density at radius 1 is 1.45 bits per heavy atom. The first-order chi connectivity index (χ1) is 9.58. The summed E-state index contributed by atoms with van der Waals surface area (Å²) in [6.07, 6.45) is 2.35. The zero-order valence-electron chi connectivity index (χ0n) is 12.4. The minimum Gasteiger partial charge on any atom is -0.378 e. The normalized spacial score (nSPS) is 17.3. The molecule has 0 spiro atoms. The molecule has 2 rings (SSSR count). The molecule has 1 fully saturated rings. The molecule has 0 aromatic carbocycles. The number of amides is 2. The third-order valence-electron chi connectivity index (χ3n) is 3.36. The Bertz CT molecular complexity index is 440. The summed E-state index contributed by atoms with van der Waals surface area (Å²) in [5.41, 5.74) is 0. The van der Waals surface area contributed by atoms with E-state index in [1.54, 1.807) is 9.58 Å². The molecule has 1 saturated heterocycles. The summed E-state index contributed by atoms with van der Waals surface area (Å²) in [5.74, 6) is 1.25. The maximum absolute atomic E-state index is 12.3. The molecule has 1 aliphatic heterocycles. The maximum atomic E-state index is 12.3. The number of rotatable bonds is 4. The molecule has 7 nitrogen and oxygen atoms in total. The lowest BCUT2D eigenvalue weighted by Crippen LogP contribution is -2.47. The number of morpholine rings is 1. The van der Waals surface area contributed by atoms with Crippen LogP contribution in [-0.2, 0) is 11.8 Å². The number of carbonyl (C=O) groups is 1. The number of aromatic nitrogens is 3. The van der Waals surface area contributed by atoms with Gasteiger partial charge in [0.05, 0.1) is 19.3 Å². The fourth-order valence-electron chi connectivity index (χ4n) is 2.33. The van der Waals surface area contributed by atoms with Crippen LogP contribution in [-0.4, -0.2) is 52.0 Å². The van der Waals surface area contributed by atoms with Gasteiger partial charge in [0.1, 0.15) is 12.2 Å². The standard InChI is InChI=1S/C13H23N5O2/c1-10(2)8-11(12-14-9-15-17(12)3)16-13(19)18-4-6-20-7-5-18/h9-11H,4-8H2,1-3H3,(H,16,19). The van der Waals surface area contributed by atoms with E-state index in [1.165, 1.54) is 6.33 Å². The largest absolute Gasteiger partial charge is 0.378 e. The average molecular weight is 281 g/mol. The van der Waals surface area contributed by atoms with Gasteiger partial charge in [-0.3, -0.25) is 4.68 Å². The molecule has 1 unspecified atom stereocenters. The SMILES string of the molecule is CC(C)CC(NC(=O)N1CCOCC1)c1ncnn1C. The Kier molecular flexibility index (Phi) is 4.94. The van der Waals surface area contributed by atoms with Gasteiger partial charge in [0, 0.05) is 20.1 Å². The van der Waals surface area contributed by atoms with Crippen LogP contribution >= 0.6 is 0 Å². The molecular weight excluding hydrogens is 258 g/mol. The third-order valence-corrected chi connectivity index (χ3v) is 3.36. The zero-order valence-corrected chi connectivity index (χ0v) is 12.4. The molecule has 1 aromatic rings. The maximum Gasteiger partial charge on any atom is 0.318 e. The smallest absolute Gasteiger partial charge is 0.318 e. The molecule has 0 bridgehead atoms. The second-order valence-corrected chi connectivity index (χ2v) is 5.47. The fourth-order valence-corrected chi connectivity index (χ4v) is 2.33. The predicted octanol–water partition coefficient (Wildman–Crippen LogP) is 0.944. The highest BCUT2D eigenvalue weighted by atomic mass is 16.5. The number of aryl methyl sites for hydroxylation is 1. The van der Waals surface area contributed by atoms with E-state index in [2.05, 4.69) is 29.2 Å². The van der Waals surface area contributed by atoms with Gasteiger partial charge in [0.15, 0.2) is 0 Å². The summed E-state index contributed by atoms with van der Waals surface area (Å²) in [5, 5.41) is 7.15. The van der Waals surface area contributed by atoms with E-state index in [0.717, 1.165) is 12.2 Å². The number of hydrogen-bond donors (Lipinski definition) is 1. The first-order valence-electron chi connectivity index (χ1n) is 7.05. The number of urea groups is 1. The fraction of sp³-hybridized carbons (Fsp3) is 0.769. The second kappa shape index (κ2) is 6.69. The molecule has 1 N–H and O–H groups in total. The Morgan fingerprint density at radius 2 is 2.15 bits per heavy atom. The lowest BCUT2D eigenvalue weighted by atomic mass is 10.0. The van der Waals surface area contributed by atoms with Crippen molar-refractivity contribution in [2.75, 3.05) is 26.3 Å². The first-order valence-corrected chi connectivity index (χ1v) is 7.05. The van der Waals surface area contributed by atoms with Gasteiger partial charge in [-0.2, -0.15) is 5.10 Å². The van der Waals surface area contributed by atoms with Crippen LogP contribution in [0.2, 0.25) is 0 Å². The quantitative estimate of drug-likeness (QED) is 0.891. The molecule has 2 heterocycles. The molecule has 7 heteroatoms. The summed E-state index contributed by atoms with van der Waals surface area (Å²) in [6.45, 7) is 6.74. The molecule has 112 valence electrons. The van der Waals surface area contributed by atoms with Crippen LogP contribution in [0.25, 0.3) is 0 Å². The number of hydrogen-bond acceptors (Lipinski definition) is 4. The van der Waals surface area contributed by atoms with E-state index < -0.39 is 0 Å². The van der Waals surface area contributed by atoms with Crippen LogP contribution in [0.4, 0.5) is 4.79 Å². The van der Waals surface area contributed by atoms with Crippen LogP contribution in [0.3, 0.4) is 0 Å². The van der Waals surface area contributed by atoms with Crippen LogP contribution in [0.5, 0.6) is 0 Å². The van der Waals surface area contributed by atoms with Gasteiger partial charge in [-0.1, -0.05) is 13.8 Å². The Balaban J connectivity index is 2.03. The average Bonchev–Trinajstić information content (AvgIpc) is 2.84.